The minimum absolute atomic E-state index is 0. The molecule has 0 saturated heterocycles. The maximum absolute atomic E-state index is 12.7. The largest absolute Gasteiger partial charge is 0.439 e. The zero-order valence-electron chi connectivity index (χ0n) is 15.7. The van der Waals surface area contributed by atoms with Crippen molar-refractivity contribution in [3.05, 3.63) is 47.7 Å². The molecule has 1 aromatic carbocycles. The fourth-order valence-electron chi connectivity index (χ4n) is 3.30. The van der Waals surface area contributed by atoms with E-state index in [-0.39, 0.29) is 30.7 Å². The lowest BCUT2D eigenvalue weighted by molar-refractivity contribution is -0.124. The summed E-state index contributed by atoms with van der Waals surface area (Å²) in [5.41, 5.74) is 8.26. The van der Waals surface area contributed by atoms with Gasteiger partial charge in [0.1, 0.15) is 5.75 Å². The van der Waals surface area contributed by atoms with E-state index in [1.807, 2.05) is 44.2 Å². The van der Waals surface area contributed by atoms with E-state index in [9.17, 15) is 4.79 Å². The number of hydrogen-bond donors (Lipinski definition) is 2. The van der Waals surface area contributed by atoms with Crippen molar-refractivity contribution in [1.29, 1.82) is 0 Å². The Morgan fingerprint density at radius 3 is 2.52 bits per heavy atom. The van der Waals surface area contributed by atoms with Crippen molar-refractivity contribution in [3.8, 4) is 11.6 Å². The quantitative estimate of drug-likeness (QED) is 0.740. The van der Waals surface area contributed by atoms with Gasteiger partial charge >= 0.3 is 0 Å². The molecule has 5 nitrogen and oxygen atoms in total. The Morgan fingerprint density at radius 1 is 1.19 bits per heavy atom. The van der Waals surface area contributed by atoms with E-state index >= 15 is 0 Å². The van der Waals surface area contributed by atoms with Crippen molar-refractivity contribution < 1.29 is 9.53 Å². The number of ether oxygens (including phenoxy) is 1. The number of amides is 1. The molecule has 1 aliphatic rings. The fraction of sp³-hybridized carbons (Fsp3) is 0.400. The number of rotatable bonds is 5. The highest BCUT2D eigenvalue weighted by Gasteiger charge is 2.39. The molecule has 0 aliphatic heterocycles. The van der Waals surface area contributed by atoms with E-state index in [0.29, 0.717) is 18.2 Å². The Balaban J connectivity index is 0.00000182. The van der Waals surface area contributed by atoms with Gasteiger partial charge in [0.05, 0.1) is 5.41 Å². The number of anilines is 1. The number of benzene rings is 1. The highest BCUT2D eigenvalue weighted by atomic mass is 35.5. The van der Waals surface area contributed by atoms with Crippen LogP contribution in [0.4, 0.5) is 5.69 Å². The Kier molecular flexibility index (Phi) is 8.54. The Morgan fingerprint density at radius 2 is 1.89 bits per heavy atom. The van der Waals surface area contributed by atoms with Gasteiger partial charge in [-0.25, -0.2) is 4.98 Å². The average Bonchev–Trinajstić information content (AvgIpc) is 3.08. The van der Waals surface area contributed by atoms with Crippen LogP contribution in [-0.2, 0) is 4.79 Å². The lowest BCUT2D eigenvalue weighted by Crippen LogP contribution is -2.40. The molecule has 1 heterocycles. The molecule has 0 bridgehead atoms. The molecule has 3 N–H and O–H groups in total. The van der Waals surface area contributed by atoms with Gasteiger partial charge in [-0.2, -0.15) is 0 Å². The Labute approximate surface area is 172 Å². The number of aryl methyl sites for hydroxylation is 2. The van der Waals surface area contributed by atoms with Crippen molar-refractivity contribution in [2.75, 3.05) is 11.9 Å². The molecular weight excluding hydrogens is 385 g/mol. The Bertz CT molecular complexity index is 778. The highest BCUT2D eigenvalue weighted by molar-refractivity contribution is 5.96. The van der Waals surface area contributed by atoms with Crippen LogP contribution in [0.2, 0.25) is 0 Å². The van der Waals surface area contributed by atoms with E-state index < -0.39 is 5.41 Å². The SMILES string of the molecule is Cc1ccnc(Oc2cc(NC(=O)C3(CN)CCCC3)ccc2C)c1.Cl.Cl. The first kappa shape index (κ1) is 23.2. The lowest BCUT2D eigenvalue weighted by Gasteiger charge is -2.25. The smallest absolute Gasteiger partial charge is 0.231 e. The second-order valence-corrected chi connectivity index (χ2v) is 6.90. The summed E-state index contributed by atoms with van der Waals surface area (Å²) in [6, 6.07) is 9.47. The number of nitrogens with zero attached hydrogens (tertiary/aromatic N) is 1. The summed E-state index contributed by atoms with van der Waals surface area (Å²) >= 11 is 0. The van der Waals surface area contributed by atoms with Gasteiger partial charge in [0.25, 0.3) is 0 Å². The first-order valence-corrected chi connectivity index (χ1v) is 8.75. The molecule has 148 valence electrons. The number of hydrogen-bond acceptors (Lipinski definition) is 4. The number of aromatic nitrogens is 1. The van der Waals surface area contributed by atoms with E-state index in [2.05, 4.69) is 10.3 Å². The zero-order valence-corrected chi connectivity index (χ0v) is 17.3. The molecule has 1 fully saturated rings. The molecule has 2 aromatic rings. The first-order chi connectivity index (χ1) is 12.0. The van der Waals surface area contributed by atoms with Gasteiger partial charge in [-0.05, 0) is 49.9 Å². The average molecular weight is 412 g/mol. The van der Waals surface area contributed by atoms with E-state index in [0.717, 1.165) is 42.5 Å². The van der Waals surface area contributed by atoms with Crippen molar-refractivity contribution in [3.63, 3.8) is 0 Å². The highest BCUT2D eigenvalue weighted by Crippen LogP contribution is 2.38. The molecule has 3 rings (SSSR count). The number of carbonyl (C=O) groups is 1. The molecule has 7 heteroatoms. The standard InChI is InChI=1S/C20H25N3O2.2ClH/c1-14-7-10-22-18(11-14)25-17-12-16(6-5-15(17)2)23-19(24)20(13-21)8-3-4-9-20;;/h5-7,10-12H,3-4,8-9,13,21H2,1-2H3,(H,23,24);2*1H. The van der Waals surface area contributed by atoms with Crippen LogP contribution < -0.4 is 15.8 Å². The molecule has 1 aliphatic carbocycles. The zero-order chi connectivity index (χ0) is 17.9. The van der Waals surface area contributed by atoms with Crippen molar-refractivity contribution in [1.82, 2.24) is 4.98 Å². The summed E-state index contributed by atoms with van der Waals surface area (Å²) in [5.74, 6) is 1.24. The molecule has 0 atom stereocenters. The van der Waals surface area contributed by atoms with Crippen molar-refractivity contribution >= 4 is 36.4 Å². The van der Waals surface area contributed by atoms with Gasteiger partial charge in [0.2, 0.25) is 11.8 Å². The summed E-state index contributed by atoms with van der Waals surface area (Å²) in [6.45, 7) is 4.35. The van der Waals surface area contributed by atoms with Gasteiger partial charge in [-0.1, -0.05) is 18.9 Å². The summed E-state index contributed by atoms with van der Waals surface area (Å²) < 4.78 is 5.90. The number of carbonyl (C=O) groups excluding carboxylic acids is 1. The van der Waals surface area contributed by atoms with Gasteiger partial charge in [-0.3, -0.25) is 4.79 Å². The topological polar surface area (TPSA) is 77.2 Å². The lowest BCUT2D eigenvalue weighted by atomic mass is 9.85. The van der Waals surface area contributed by atoms with E-state index in [1.165, 1.54) is 0 Å². The van der Waals surface area contributed by atoms with Crippen LogP contribution in [0.3, 0.4) is 0 Å². The number of halogens is 2. The van der Waals surface area contributed by atoms with Crippen LogP contribution in [0, 0.1) is 19.3 Å². The van der Waals surface area contributed by atoms with Crippen molar-refractivity contribution in [2.45, 2.75) is 39.5 Å². The number of pyridine rings is 1. The summed E-state index contributed by atoms with van der Waals surface area (Å²) in [5, 5.41) is 3.02. The van der Waals surface area contributed by atoms with Gasteiger partial charge in [0.15, 0.2) is 0 Å². The van der Waals surface area contributed by atoms with Crippen LogP contribution >= 0.6 is 24.8 Å². The van der Waals surface area contributed by atoms with Crippen LogP contribution in [-0.4, -0.2) is 17.4 Å². The Hall–Kier alpha value is -1.82. The third-order valence-electron chi connectivity index (χ3n) is 4.98. The predicted octanol–water partition coefficient (Wildman–Crippen LogP) is 4.79. The maximum atomic E-state index is 12.7. The van der Waals surface area contributed by atoms with Crippen LogP contribution in [0.15, 0.2) is 36.5 Å². The third kappa shape index (κ3) is 5.34. The minimum atomic E-state index is -0.427. The monoisotopic (exact) mass is 411 g/mol. The maximum Gasteiger partial charge on any atom is 0.231 e. The van der Waals surface area contributed by atoms with E-state index in [1.54, 1.807) is 6.20 Å². The molecule has 1 aromatic heterocycles. The van der Waals surface area contributed by atoms with E-state index in [4.69, 9.17) is 10.5 Å². The first-order valence-electron chi connectivity index (χ1n) is 8.75. The molecule has 1 amide bonds. The summed E-state index contributed by atoms with van der Waals surface area (Å²) in [6.07, 6.45) is 5.56. The number of nitrogens with two attached hydrogens (primary N) is 1. The molecule has 0 spiro atoms. The molecule has 0 radical (unpaired) electrons. The number of nitrogens with one attached hydrogen (secondary N) is 1. The van der Waals surface area contributed by atoms with Gasteiger partial charge in [0, 0.05) is 30.6 Å². The summed E-state index contributed by atoms with van der Waals surface area (Å²) in [7, 11) is 0. The fourth-order valence-corrected chi connectivity index (χ4v) is 3.30. The van der Waals surface area contributed by atoms with Gasteiger partial charge < -0.3 is 15.8 Å². The second kappa shape index (κ2) is 9.93. The minimum Gasteiger partial charge on any atom is -0.439 e. The predicted molar refractivity (Wildman–Crippen MR) is 113 cm³/mol. The molecule has 1 saturated carbocycles. The van der Waals surface area contributed by atoms with Crippen LogP contribution in [0.5, 0.6) is 11.6 Å². The molecular formula is C20H27Cl2N3O2. The van der Waals surface area contributed by atoms with Crippen molar-refractivity contribution in [2.24, 2.45) is 11.1 Å². The van der Waals surface area contributed by atoms with Gasteiger partial charge in [-0.15, -0.1) is 24.8 Å². The van der Waals surface area contributed by atoms with Crippen LogP contribution in [0.1, 0.15) is 36.8 Å². The molecule has 27 heavy (non-hydrogen) atoms. The molecule has 0 unspecified atom stereocenters. The third-order valence-corrected chi connectivity index (χ3v) is 4.98. The summed E-state index contributed by atoms with van der Waals surface area (Å²) in [4.78, 5) is 17.0. The van der Waals surface area contributed by atoms with Crippen LogP contribution in [0.25, 0.3) is 0 Å². The second-order valence-electron chi connectivity index (χ2n) is 6.90. The normalized spacial score (nSPS) is 14.6.